The molecule has 0 atom stereocenters. The minimum atomic E-state index is 0. The van der Waals surface area contributed by atoms with Crippen molar-refractivity contribution in [2.45, 2.75) is 45.8 Å². The maximum atomic E-state index is 5.75. The van der Waals surface area contributed by atoms with Crippen LogP contribution in [-0.2, 0) is 17.9 Å². The summed E-state index contributed by atoms with van der Waals surface area (Å²) in [6, 6.07) is 4.08. The molecule has 0 N–H and O–H groups in total. The number of halogens is 1. The largest absolute Gasteiger partial charge is 1.00 e. The Morgan fingerprint density at radius 2 is 1.74 bits per heavy atom. The molecule has 4 heteroatoms. The SMILES string of the molecule is CCCCCCOCc1ccc(C[N+](C)(C)C)o1.[I-]. The summed E-state index contributed by atoms with van der Waals surface area (Å²) in [6.07, 6.45) is 4.99. The first-order chi connectivity index (χ1) is 8.51. The lowest BCUT2D eigenvalue weighted by atomic mass is 10.2. The Morgan fingerprint density at radius 1 is 1.05 bits per heavy atom. The standard InChI is InChI=1S/C15H28NO2.HI/c1-5-6-7-8-11-17-13-15-10-9-14(18-15)12-16(2,3)4;/h9-10H,5-8,11-13H2,1-4H3;1H/q+1;/p-1. The summed E-state index contributed by atoms with van der Waals surface area (Å²) in [5, 5.41) is 0. The fourth-order valence-electron chi connectivity index (χ4n) is 1.86. The molecule has 0 aromatic carbocycles. The smallest absolute Gasteiger partial charge is 0.158 e. The van der Waals surface area contributed by atoms with Crippen molar-refractivity contribution >= 4 is 0 Å². The van der Waals surface area contributed by atoms with E-state index in [9.17, 15) is 0 Å². The van der Waals surface area contributed by atoms with E-state index in [1.807, 2.05) is 6.07 Å². The molecule has 0 aliphatic heterocycles. The summed E-state index contributed by atoms with van der Waals surface area (Å²) in [6.45, 7) is 4.57. The van der Waals surface area contributed by atoms with Gasteiger partial charge in [-0.1, -0.05) is 26.2 Å². The van der Waals surface area contributed by atoms with Gasteiger partial charge in [-0.2, -0.15) is 0 Å². The highest BCUT2D eigenvalue weighted by molar-refractivity contribution is 5.05. The lowest BCUT2D eigenvalue weighted by Gasteiger charge is -2.22. The van der Waals surface area contributed by atoms with E-state index < -0.39 is 0 Å². The van der Waals surface area contributed by atoms with Crippen LogP contribution in [0.3, 0.4) is 0 Å². The van der Waals surface area contributed by atoms with Gasteiger partial charge in [0.1, 0.15) is 18.9 Å². The zero-order chi connectivity index (χ0) is 13.4. The summed E-state index contributed by atoms with van der Waals surface area (Å²) < 4.78 is 12.2. The van der Waals surface area contributed by atoms with Crippen LogP contribution in [0.25, 0.3) is 0 Å². The predicted octanol–water partition coefficient (Wildman–Crippen LogP) is 0.587. The van der Waals surface area contributed by atoms with Crippen LogP contribution < -0.4 is 24.0 Å². The van der Waals surface area contributed by atoms with E-state index in [4.69, 9.17) is 9.15 Å². The summed E-state index contributed by atoms with van der Waals surface area (Å²) in [5.74, 6) is 1.97. The first-order valence-corrected chi connectivity index (χ1v) is 6.97. The van der Waals surface area contributed by atoms with Crippen molar-refractivity contribution in [3.8, 4) is 0 Å². The fourth-order valence-corrected chi connectivity index (χ4v) is 1.86. The number of nitrogens with zero attached hydrogens (tertiary/aromatic N) is 1. The topological polar surface area (TPSA) is 22.4 Å². The molecule has 0 amide bonds. The molecule has 0 radical (unpaired) electrons. The molecule has 3 nitrogen and oxygen atoms in total. The molecule has 0 fully saturated rings. The average molecular weight is 381 g/mol. The van der Waals surface area contributed by atoms with E-state index in [-0.39, 0.29) is 24.0 Å². The second-order valence-corrected chi connectivity index (χ2v) is 5.93. The molecule has 1 aromatic heterocycles. The second kappa shape index (κ2) is 9.77. The van der Waals surface area contributed by atoms with Crippen molar-refractivity contribution in [2.75, 3.05) is 27.7 Å². The molecule has 0 saturated carbocycles. The van der Waals surface area contributed by atoms with Gasteiger partial charge in [0.15, 0.2) is 5.76 Å². The van der Waals surface area contributed by atoms with Crippen molar-refractivity contribution in [3.63, 3.8) is 0 Å². The molecule has 1 heterocycles. The highest BCUT2D eigenvalue weighted by atomic mass is 127. The van der Waals surface area contributed by atoms with Gasteiger partial charge in [-0.15, -0.1) is 0 Å². The molecule has 0 aliphatic rings. The third kappa shape index (κ3) is 9.46. The van der Waals surface area contributed by atoms with Gasteiger partial charge < -0.3 is 37.6 Å². The maximum Gasteiger partial charge on any atom is 0.158 e. The monoisotopic (exact) mass is 381 g/mol. The van der Waals surface area contributed by atoms with Gasteiger partial charge in [-0.3, -0.25) is 0 Å². The quantitative estimate of drug-likeness (QED) is 0.355. The van der Waals surface area contributed by atoms with Gasteiger partial charge in [0, 0.05) is 6.61 Å². The molecule has 1 aromatic rings. The minimum Gasteiger partial charge on any atom is -1.00 e. The van der Waals surface area contributed by atoms with E-state index in [2.05, 4.69) is 34.1 Å². The summed E-state index contributed by atoms with van der Waals surface area (Å²) in [4.78, 5) is 0. The molecule has 0 unspecified atom stereocenters. The highest BCUT2D eigenvalue weighted by Crippen LogP contribution is 2.13. The molecule has 19 heavy (non-hydrogen) atoms. The van der Waals surface area contributed by atoms with Crippen molar-refractivity contribution in [3.05, 3.63) is 23.7 Å². The minimum absolute atomic E-state index is 0. The summed E-state index contributed by atoms with van der Waals surface area (Å²) >= 11 is 0. The zero-order valence-corrected chi connectivity index (χ0v) is 14.9. The average Bonchev–Trinajstić information content (AvgIpc) is 2.68. The van der Waals surface area contributed by atoms with E-state index in [0.717, 1.165) is 35.6 Å². The summed E-state index contributed by atoms with van der Waals surface area (Å²) in [7, 11) is 6.48. The molecule has 0 saturated heterocycles. The molecule has 112 valence electrons. The number of rotatable bonds is 9. The Balaban J connectivity index is 0.00000324. The van der Waals surface area contributed by atoms with Crippen LogP contribution in [0.5, 0.6) is 0 Å². The molecular weight excluding hydrogens is 353 g/mol. The van der Waals surface area contributed by atoms with E-state index in [0.29, 0.717) is 6.61 Å². The number of hydrogen-bond donors (Lipinski definition) is 0. The maximum absolute atomic E-state index is 5.75. The van der Waals surface area contributed by atoms with E-state index in [1.54, 1.807) is 0 Å². The Labute approximate surface area is 134 Å². The van der Waals surface area contributed by atoms with Gasteiger partial charge in [0.2, 0.25) is 0 Å². The van der Waals surface area contributed by atoms with Gasteiger partial charge in [-0.25, -0.2) is 0 Å². The second-order valence-electron chi connectivity index (χ2n) is 5.93. The van der Waals surface area contributed by atoms with Crippen LogP contribution in [0.4, 0.5) is 0 Å². The van der Waals surface area contributed by atoms with Gasteiger partial charge >= 0.3 is 0 Å². The van der Waals surface area contributed by atoms with Crippen LogP contribution in [0, 0.1) is 0 Å². The van der Waals surface area contributed by atoms with Crippen molar-refractivity contribution in [1.29, 1.82) is 0 Å². The fraction of sp³-hybridized carbons (Fsp3) is 0.733. The third-order valence-electron chi connectivity index (χ3n) is 2.73. The zero-order valence-electron chi connectivity index (χ0n) is 12.7. The van der Waals surface area contributed by atoms with Crippen LogP contribution in [0.15, 0.2) is 16.5 Å². The van der Waals surface area contributed by atoms with Crippen molar-refractivity contribution in [2.24, 2.45) is 0 Å². The number of ether oxygens (including phenoxy) is 1. The Hall–Kier alpha value is -0.0700. The van der Waals surface area contributed by atoms with Crippen LogP contribution in [-0.4, -0.2) is 32.2 Å². The van der Waals surface area contributed by atoms with E-state index >= 15 is 0 Å². The third-order valence-corrected chi connectivity index (χ3v) is 2.73. The number of hydrogen-bond acceptors (Lipinski definition) is 2. The van der Waals surface area contributed by atoms with Crippen LogP contribution in [0.2, 0.25) is 0 Å². The predicted molar refractivity (Wildman–Crippen MR) is 74.2 cm³/mol. The Bertz CT molecular complexity index is 331. The van der Waals surface area contributed by atoms with Gasteiger partial charge in [0.05, 0.1) is 21.1 Å². The van der Waals surface area contributed by atoms with Gasteiger partial charge in [0.25, 0.3) is 0 Å². The van der Waals surface area contributed by atoms with Crippen LogP contribution >= 0.6 is 0 Å². The molecule has 1 rings (SSSR count). The van der Waals surface area contributed by atoms with E-state index in [1.165, 1.54) is 19.3 Å². The first kappa shape index (κ1) is 18.9. The molecule has 0 spiro atoms. The van der Waals surface area contributed by atoms with Crippen molar-refractivity contribution < 1.29 is 37.6 Å². The normalized spacial score (nSPS) is 11.4. The first-order valence-electron chi connectivity index (χ1n) is 6.97. The molecule has 0 bridgehead atoms. The Morgan fingerprint density at radius 3 is 2.37 bits per heavy atom. The Kier molecular flexibility index (Phi) is 9.74. The number of unbranched alkanes of at least 4 members (excludes halogenated alkanes) is 3. The summed E-state index contributed by atoms with van der Waals surface area (Å²) in [5.41, 5.74) is 0. The van der Waals surface area contributed by atoms with Crippen molar-refractivity contribution in [1.82, 2.24) is 0 Å². The lowest BCUT2D eigenvalue weighted by Crippen LogP contribution is -3.00. The number of quaternary nitrogens is 1. The molecule has 0 aliphatic carbocycles. The number of furan rings is 1. The molecular formula is C15H28INO2. The lowest BCUT2D eigenvalue weighted by molar-refractivity contribution is -0.884. The van der Waals surface area contributed by atoms with Crippen LogP contribution in [0.1, 0.15) is 44.1 Å². The highest BCUT2D eigenvalue weighted by Gasteiger charge is 2.12. The van der Waals surface area contributed by atoms with Gasteiger partial charge in [-0.05, 0) is 18.6 Å².